The molecule has 6 nitrogen and oxygen atoms in total. The van der Waals surface area contributed by atoms with E-state index in [1.165, 1.54) is 17.7 Å². The van der Waals surface area contributed by atoms with Crippen LogP contribution in [0.5, 0.6) is 0 Å². The lowest BCUT2D eigenvalue weighted by atomic mass is 10.2. The van der Waals surface area contributed by atoms with Gasteiger partial charge in [-0.3, -0.25) is 14.7 Å². The number of hydrogen-bond donors (Lipinski definition) is 1. The molecule has 1 amide bonds. The molecule has 1 fully saturated rings. The molecule has 1 saturated heterocycles. The van der Waals surface area contributed by atoms with Crippen molar-refractivity contribution in [3.05, 3.63) is 102 Å². The first-order valence-corrected chi connectivity index (χ1v) is 11.3. The van der Waals surface area contributed by atoms with Gasteiger partial charge in [-0.2, -0.15) is 0 Å². The lowest BCUT2D eigenvalue weighted by molar-refractivity contribution is 0.0950. The first-order valence-electron chi connectivity index (χ1n) is 11.3. The molecule has 0 atom stereocenters. The maximum atomic E-state index is 13.4. The minimum Gasteiger partial charge on any atom is -0.355 e. The van der Waals surface area contributed by atoms with Crippen molar-refractivity contribution < 1.29 is 13.6 Å². The third-order valence-corrected chi connectivity index (χ3v) is 6.09. The van der Waals surface area contributed by atoms with Crippen LogP contribution in [-0.4, -0.2) is 46.4 Å². The molecule has 34 heavy (non-hydrogen) atoms. The fourth-order valence-electron chi connectivity index (χ4n) is 4.36. The van der Waals surface area contributed by atoms with Crippen molar-refractivity contribution in [3.63, 3.8) is 0 Å². The van der Waals surface area contributed by atoms with E-state index in [-0.39, 0.29) is 12.5 Å². The maximum absolute atomic E-state index is 13.4. The Morgan fingerprint density at radius 2 is 1.71 bits per heavy atom. The summed E-state index contributed by atoms with van der Waals surface area (Å²) in [6.45, 7) is 4.57. The smallest absolute Gasteiger partial charge is 0.253 e. The predicted molar refractivity (Wildman–Crippen MR) is 127 cm³/mol. The van der Waals surface area contributed by atoms with Gasteiger partial charge < -0.3 is 14.6 Å². The van der Waals surface area contributed by atoms with Crippen molar-refractivity contribution in [2.45, 2.75) is 13.1 Å². The van der Waals surface area contributed by atoms with Gasteiger partial charge in [0.1, 0.15) is 17.5 Å². The lowest BCUT2D eigenvalue weighted by Crippen LogP contribution is -2.46. The number of fused-ring (bicyclic) bond motifs is 1. The number of nitrogens with zero attached hydrogens (tertiary/aromatic N) is 4. The van der Waals surface area contributed by atoms with Gasteiger partial charge in [-0.25, -0.2) is 8.78 Å². The van der Waals surface area contributed by atoms with Crippen LogP contribution in [0.15, 0.2) is 73.2 Å². The third-order valence-electron chi connectivity index (χ3n) is 6.09. The second-order valence-corrected chi connectivity index (χ2v) is 8.49. The summed E-state index contributed by atoms with van der Waals surface area (Å²) in [7, 11) is 0. The molecule has 0 aliphatic carbocycles. The number of halogens is 2. The number of nitrogens with one attached hydrogen (secondary N) is 1. The molecule has 8 heteroatoms. The molecule has 1 aliphatic rings. The summed E-state index contributed by atoms with van der Waals surface area (Å²) < 4.78 is 28.8. The van der Waals surface area contributed by atoms with E-state index in [0.29, 0.717) is 11.1 Å². The van der Waals surface area contributed by atoms with Crippen LogP contribution in [0.2, 0.25) is 0 Å². The number of anilines is 1. The van der Waals surface area contributed by atoms with Crippen LogP contribution in [0.25, 0.3) is 5.52 Å². The quantitative estimate of drug-likeness (QED) is 0.474. The highest BCUT2D eigenvalue weighted by atomic mass is 19.1. The number of pyridine rings is 2. The van der Waals surface area contributed by atoms with Gasteiger partial charge in [-0.05, 0) is 53.6 Å². The average molecular weight is 462 g/mol. The summed E-state index contributed by atoms with van der Waals surface area (Å²) >= 11 is 0. The van der Waals surface area contributed by atoms with Gasteiger partial charge >= 0.3 is 0 Å². The van der Waals surface area contributed by atoms with Crippen molar-refractivity contribution in [1.29, 1.82) is 0 Å². The van der Waals surface area contributed by atoms with Crippen LogP contribution in [-0.2, 0) is 13.1 Å². The highest BCUT2D eigenvalue weighted by Gasteiger charge is 2.20. The van der Waals surface area contributed by atoms with Gasteiger partial charge in [0, 0.05) is 69.4 Å². The number of aromatic nitrogens is 2. The molecular weight excluding hydrogens is 436 g/mol. The lowest BCUT2D eigenvalue weighted by Gasteiger charge is -2.35. The molecule has 1 N–H and O–H groups in total. The van der Waals surface area contributed by atoms with Crippen molar-refractivity contribution in [1.82, 2.24) is 19.6 Å². The summed E-state index contributed by atoms with van der Waals surface area (Å²) in [5.74, 6) is -0.586. The molecule has 1 aliphatic heterocycles. The van der Waals surface area contributed by atoms with Gasteiger partial charge in [0.05, 0.1) is 5.56 Å². The normalized spacial score (nSPS) is 14.5. The highest BCUT2D eigenvalue weighted by molar-refractivity contribution is 5.94. The molecule has 0 bridgehead atoms. The monoisotopic (exact) mass is 461 g/mol. The summed E-state index contributed by atoms with van der Waals surface area (Å²) in [5.41, 5.74) is 3.06. The minimum atomic E-state index is -0.664. The van der Waals surface area contributed by atoms with Gasteiger partial charge in [0.25, 0.3) is 5.91 Å². The number of benzene rings is 1. The van der Waals surface area contributed by atoms with Crippen molar-refractivity contribution in [2.24, 2.45) is 0 Å². The van der Waals surface area contributed by atoms with E-state index in [4.69, 9.17) is 0 Å². The van der Waals surface area contributed by atoms with E-state index in [9.17, 15) is 13.6 Å². The largest absolute Gasteiger partial charge is 0.355 e. The molecule has 174 valence electrons. The molecule has 4 aromatic rings. The van der Waals surface area contributed by atoms with E-state index < -0.39 is 11.6 Å². The van der Waals surface area contributed by atoms with E-state index >= 15 is 0 Å². The molecule has 0 spiro atoms. The number of rotatable bonds is 6. The van der Waals surface area contributed by atoms with Gasteiger partial charge in [-0.15, -0.1) is 0 Å². The summed E-state index contributed by atoms with van der Waals surface area (Å²) in [5, 5.41) is 2.74. The first-order chi connectivity index (χ1) is 16.5. The SMILES string of the molecule is O=C(NCc1cc(F)cc(F)c1)c1ccc2ccc(N3CCN(Cc4cccnc4)CC3)n2c1. The number of carbonyl (C=O) groups is 1. The Morgan fingerprint density at radius 1 is 0.941 bits per heavy atom. The fourth-order valence-corrected chi connectivity index (χ4v) is 4.36. The van der Waals surface area contributed by atoms with E-state index in [1.807, 2.05) is 35.0 Å². The maximum Gasteiger partial charge on any atom is 0.253 e. The predicted octanol–water partition coefficient (Wildman–Crippen LogP) is 3.86. The zero-order chi connectivity index (χ0) is 23.5. The zero-order valence-electron chi connectivity index (χ0n) is 18.6. The van der Waals surface area contributed by atoms with E-state index in [0.717, 1.165) is 50.1 Å². The second-order valence-electron chi connectivity index (χ2n) is 8.49. The van der Waals surface area contributed by atoms with Crippen LogP contribution in [0, 0.1) is 11.6 Å². The van der Waals surface area contributed by atoms with Crippen LogP contribution >= 0.6 is 0 Å². The summed E-state index contributed by atoms with van der Waals surface area (Å²) in [6.07, 6.45) is 5.51. The molecule has 4 heterocycles. The van der Waals surface area contributed by atoms with Crippen molar-refractivity contribution >= 4 is 17.2 Å². The topological polar surface area (TPSA) is 52.9 Å². The minimum absolute atomic E-state index is 0.0446. The Kier molecular flexibility index (Phi) is 6.22. The van der Waals surface area contributed by atoms with Crippen LogP contribution in [0.4, 0.5) is 14.6 Å². The highest BCUT2D eigenvalue weighted by Crippen LogP contribution is 2.22. The Bertz CT molecular complexity index is 1280. The van der Waals surface area contributed by atoms with E-state index in [1.54, 1.807) is 12.3 Å². The average Bonchev–Trinajstić information content (AvgIpc) is 3.26. The summed E-state index contributed by atoms with van der Waals surface area (Å²) in [6, 6.07) is 15.1. The Hall–Kier alpha value is -3.78. The number of amides is 1. The standard InChI is InChI=1S/C26H25F2N5O/c27-22-12-20(13-23(28)14-22)16-30-26(34)21-3-4-24-5-6-25(33(24)18-21)32-10-8-31(9-11-32)17-19-2-1-7-29-15-19/h1-7,12-15,18H,8-11,16-17H2,(H,30,34). The van der Waals surface area contributed by atoms with Gasteiger partial charge in [-0.1, -0.05) is 6.07 Å². The van der Waals surface area contributed by atoms with E-state index in [2.05, 4.69) is 32.2 Å². The zero-order valence-corrected chi connectivity index (χ0v) is 18.6. The molecule has 0 radical (unpaired) electrons. The van der Waals surface area contributed by atoms with Crippen LogP contribution in [0.1, 0.15) is 21.5 Å². The Morgan fingerprint density at radius 3 is 2.44 bits per heavy atom. The fraction of sp³-hybridized carbons (Fsp3) is 0.231. The molecular formula is C26H25F2N5O. The third kappa shape index (κ3) is 4.92. The van der Waals surface area contributed by atoms with Crippen LogP contribution in [0.3, 0.4) is 0 Å². The van der Waals surface area contributed by atoms with Crippen molar-refractivity contribution in [3.8, 4) is 0 Å². The molecule has 0 saturated carbocycles. The van der Waals surface area contributed by atoms with Gasteiger partial charge in [0.2, 0.25) is 0 Å². The first kappa shape index (κ1) is 22.0. The number of hydrogen-bond acceptors (Lipinski definition) is 4. The number of piperazine rings is 1. The molecule has 0 unspecified atom stereocenters. The van der Waals surface area contributed by atoms with Crippen LogP contribution < -0.4 is 10.2 Å². The Labute approximate surface area is 196 Å². The molecule has 1 aromatic carbocycles. The second kappa shape index (κ2) is 9.61. The summed E-state index contributed by atoms with van der Waals surface area (Å²) in [4.78, 5) is 21.7. The van der Waals surface area contributed by atoms with Crippen molar-refractivity contribution in [2.75, 3.05) is 31.1 Å². The number of carbonyl (C=O) groups excluding carboxylic acids is 1. The molecule has 3 aromatic heterocycles. The van der Waals surface area contributed by atoms with Gasteiger partial charge in [0.15, 0.2) is 0 Å². The molecule has 5 rings (SSSR count). The Balaban J connectivity index is 1.25.